The zero-order valence-electron chi connectivity index (χ0n) is 14.5. The van der Waals surface area contributed by atoms with Crippen LogP contribution < -0.4 is 4.90 Å². The number of nitrogens with zero attached hydrogens (tertiary/aromatic N) is 1. The van der Waals surface area contributed by atoms with E-state index in [-0.39, 0.29) is 5.69 Å². The molecular formula is C10H12BrNO. The number of halogens is 1. The molecule has 2 nitrogen and oxygen atoms in total. The van der Waals surface area contributed by atoms with Gasteiger partial charge in [0.1, 0.15) is 0 Å². The molecule has 0 saturated carbocycles. The quantitative estimate of drug-likeness (QED) is 0.798. The second-order valence-corrected chi connectivity index (χ2v) is 3.39. The monoisotopic (exact) mass is 249 g/mol. The molecule has 0 aromatic heterocycles. The maximum absolute atomic E-state index is 7.90. The predicted octanol–water partition coefficient (Wildman–Crippen LogP) is 2.28. The van der Waals surface area contributed by atoms with Crippen LogP contribution in [0.5, 0.6) is 0 Å². The van der Waals surface area contributed by atoms with E-state index in [9.17, 15) is 0 Å². The SMILES string of the molecule is [2H]C([2H])([2H])OC1([2H])C([2H])([2H])N(c2cccc(Br)c2)C1([2H])[2H]. The van der Waals surface area contributed by atoms with Crippen LogP contribution in [-0.4, -0.2) is 26.1 Å². The Bertz CT molecular complexity index is 544. The van der Waals surface area contributed by atoms with Crippen molar-refractivity contribution in [3.63, 3.8) is 0 Å². The lowest BCUT2D eigenvalue weighted by molar-refractivity contribution is 0.0787. The van der Waals surface area contributed by atoms with Crippen LogP contribution >= 0.6 is 15.9 Å². The van der Waals surface area contributed by atoms with Gasteiger partial charge >= 0.3 is 0 Å². The lowest BCUT2D eigenvalue weighted by atomic mass is 10.1. The van der Waals surface area contributed by atoms with E-state index in [0.29, 0.717) is 9.37 Å². The summed E-state index contributed by atoms with van der Waals surface area (Å²) in [7, 11) is -3.08. The Morgan fingerprint density at radius 3 is 3.31 bits per heavy atom. The first-order chi connectivity index (χ1) is 9.33. The number of ether oxygens (including phenoxy) is 1. The van der Waals surface area contributed by atoms with Crippen LogP contribution in [-0.2, 0) is 4.74 Å². The van der Waals surface area contributed by atoms with E-state index in [2.05, 4.69) is 20.7 Å². The van der Waals surface area contributed by atoms with Crippen molar-refractivity contribution in [3.8, 4) is 0 Å². The van der Waals surface area contributed by atoms with E-state index in [0.717, 1.165) is 0 Å². The Labute approximate surface area is 97.9 Å². The van der Waals surface area contributed by atoms with E-state index < -0.39 is 26.1 Å². The number of hydrogen-bond acceptors (Lipinski definition) is 2. The van der Waals surface area contributed by atoms with E-state index in [1.807, 2.05) is 0 Å². The molecule has 0 atom stereocenters. The van der Waals surface area contributed by atoms with Gasteiger partial charge in [-0.1, -0.05) is 22.0 Å². The molecule has 1 heterocycles. The average Bonchev–Trinajstić information content (AvgIpc) is 2.25. The normalized spacial score (nSPS) is 37.5. The Balaban J connectivity index is 2.44. The summed E-state index contributed by atoms with van der Waals surface area (Å²) in [5, 5.41) is 0. The molecule has 70 valence electrons. The highest BCUT2D eigenvalue weighted by atomic mass is 79.9. The van der Waals surface area contributed by atoms with Gasteiger partial charge in [-0.05, 0) is 18.2 Å². The standard InChI is InChI=1S/C10H12BrNO/c1-13-10-6-12(7-10)9-4-2-3-8(11)5-9/h2-5,10H,6-7H2,1H3/i1D3,6D2,7D2,10D. The Kier molecular flexibility index (Phi) is 1.01. The smallest absolute Gasteiger partial charge is 0.0920 e. The first kappa shape index (κ1) is 3.55. The Morgan fingerprint density at radius 2 is 2.62 bits per heavy atom. The summed E-state index contributed by atoms with van der Waals surface area (Å²) in [5.74, 6) is 0. The molecule has 1 aliphatic heterocycles. The van der Waals surface area contributed by atoms with Gasteiger partial charge in [-0.15, -0.1) is 0 Å². The third-order valence-corrected chi connectivity index (χ3v) is 2.09. The Morgan fingerprint density at radius 1 is 1.77 bits per heavy atom. The van der Waals surface area contributed by atoms with Gasteiger partial charge in [-0.2, -0.15) is 0 Å². The molecule has 1 saturated heterocycles. The van der Waals surface area contributed by atoms with Gasteiger partial charge in [-0.25, -0.2) is 0 Å². The topological polar surface area (TPSA) is 12.5 Å². The number of hydrogen-bond donors (Lipinski definition) is 0. The molecule has 0 unspecified atom stereocenters. The molecule has 0 radical (unpaired) electrons. The van der Waals surface area contributed by atoms with Crippen LogP contribution in [0.15, 0.2) is 28.7 Å². The van der Waals surface area contributed by atoms with E-state index in [1.165, 1.54) is 12.1 Å². The lowest BCUT2D eigenvalue weighted by Crippen LogP contribution is -2.51. The van der Waals surface area contributed by atoms with Crippen molar-refractivity contribution >= 4 is 21.6 Å². The van der Waals surface area contributed by atoms with Crippen LogP contribution in [0.3, 0.4) is 0 Å². The molecule has 1 fully saturated rings. The zero-order chi connectivity index (χ0) is 16.3. The van der Waals surface area contributed by atoms with Crippen LogP contribution in [0, 0.1) is 0 Å². The predicted molar refractivity (Wildman–Crippen MR) is 57.2 cm³/mol. The molecule has 0 amide bonds. The fourth-order valence-corrected chi connectivity index (χ4v) is 1.38. The van der Waals surface area contributed by atoms with Gasteiger partial charge in [0.15, 0.2) is 0 Å². The van der Waals surface area contributed by atoms with Crippen molar-refractivity contribution < 1.29 is 15.7 Å². The third-order valence-electron chi connectivity index (χ3n) is 1.60. The molecule has 1 aliphatic rings. The molecule has 2 rings (SSSR count). The molecule has 1 aromatic carbocycles. The molecule has 0 spiro atoms. The number of benzene rings is 1. The fraction of sp³-hybridized carbons (Fsp3) is 0.400. The largest absolute Gasteiger partial charge is 0.378 e. The second kappa shape index (κ2) is 3.68. The number of methoxy groups -OCH3 is 1. The molecule has 3 heteroatoms. The maximum Gasteiger partial charge on any atom is 0.0920 e. The van der Waals surface area contributed by atoms with Crippen molar-refractivity contribution in [2.45, 2.75) is 6.08 Å². The lowest BCUT2D eigenvalue weighted by Gasteiger charge is -2.40. The molecular weight excluding hydrogens is 230 g/mol. The average molecular weight is 250 g/mol. The van der Waals surface area contributed by atoms with Crippen LogP contribution in [0.2, 0.25) is 0 Å². The number of anilines is 1. The summed E-state index contributed by atoms with van der Waals surface area (Å²) in [5.41, 5.74) is 0.177. The summed E-state index contributed by atoms with van der Waals surface area (Å²) < 4.78 is 65.5. The van der Waals surface area contributed by atoms with Gasteiger partial charge in [0.25, 0.3) is 0 Å². The van der Waals surface area contributed by atoms with E-state index in [1.54, 1.807) is 12.1 Å². The zero-order valence-corrected chi connectivity index (χ0v) is 8.13. The van der Waals surface area contributed by atoms with Gasteiger partial charge in [0.2, 0.25) is 0 Å². The molecule has 13 heavy (non-hydrogen) atoms. The first-order valence-corrected chi connectivity index (χ1v) is 4.38. The third kappa shape index (κ3) is 1.86. The van der Waals surface area contributed by atoms with Crippen molar-refractivity contribution in [3.05, 3.63) is 28.7 Å². The van der Waals surface area contributed by atoms with Gasteiger partial charge in [0.05, 0.1) is 17.0 Å². The summed E-state index contributed by atoms with van der Waals surface area (Å²) in [6, 6.07) is 6.21. The van der Waals surface area contributed by atoms with Gasteiger partial charge < -0.3 is 9.64 Å². The van der Waals surface area contributed by atoms with Crippen molar-refractivity contribution in [2.75, 3.05) is 24.9 Å². The van der Waals surface area contributed by atoms with Gasteiger partial charge in [0, 0.05) is 30.2 Å². The highest BCUT2D eigenvalue weighted by Crippen LogP contribution is 2.24. The number of rotatable bonds is 2. The van der Waals surface area contributed by atoms with Crippen LogP contribution in [0.25, 0.3) is 0 Å². The minimum absolute atomic E-state index is 0.177. The summed E-state index contributed by atoms with van der Waals surface area (Å²) in [6.45, 7) is -5.29. The van der Waals surface area contributed by atoms with Crippen molar-refractivity contribution in [1.29, 1.82) is 0 Å². The van der Waals surface area contributed by atoms with E-state index >= 15 is 0 Å². The molecule has 1 aromatic rings. The van der Waals surface area contributed by atoms with Crippen molar-refractivity contribution in [1.82, 2.24) is 0 Å². The molecule has 0 N–H and O–H groups in total. The molecule has 0 aliphatic carbocycles. The summed E-state index contributed by atoms with van der Waals surface area (Å²) >= 11 is 3.20. The Hall–Kier alpha value is -0.540. The van der Waals surface area contributed by atoms with E-state index in [4.69, 9.17) is 11.0 Å². The minimum atomic E-state index is -3.08. The summed E-state index contributed by atoms with van der Waals surface area (Å²) in [6.07, 6.45) is -2.87. The van der Waals surface area contributed by atoms with Gasteiger partial charge in [-0.3, -0.25) is 0 Å². The van der Waals surface area contributed by atoms with Crippen LogP contribution in [0.4, 0.5) is 5.69 Å². The highest BCUT2D eigenvalue weighted by molar-refractivity contribution is 9.10. The minimum Gasteiger partial charge on any atom is -0.378 e. The maximum atomic E-state index is 7.90. The van der Waals surface area contributed by atoms with Crippen molar-refractivity contribution in [2.24, 2.45) is 0 Å². The fourth-order valence-electron chi connectivity index (χ4n) is 0.993. The highest BCUT2D eigenvalue weighted by Gasteiger charge is 2.26. The van der Waals surface area contributed by atoms with Crippen LogP contribution in [0.1, 0.15) is 11.0 Å². The second-order valence-electron chi connectivity index (χ2n) is 2.47. The first-order valence-electron chi connectivity index (χ1n) is 7.59. The molecule has 0 bridgehead atoms. The summed E-state index contributed by atoms with van der Waals surface area (Å²) in [4.78, 5) is 0.698.